The Bertz CT molecular complexity index is 890. The van der Waals surface area contributed by atoms with E-state index in [2.05, 4.69) is 9.97 Å². The Kier molecular flexibility index (Phi) is 4.12. The van der Waals surface area contributed by atoms with Gasteiger partial charge in [0.2, 0.25) is 0 Å². The lowest BCUT2D eigenvalue weighted by molar-refractivity contribution is -0.140. The van der Waals surface area contributed by atoms with Crippen molar-refractivity contribution in [2.75, 3.05) is 11.9 Å². The van der Waals surface area contributed by atoms with Crippen molar-refractivity contribution in [3.63, 3.8) is 0 Å². The third-order valence-corrected chi connectivity index (χ3v) is 4.20. The largest absolute Gasteiger partial charge is 0.434 e. The van der Waals surface area contributed by atoms with Gasteiger partial charge in [-0.05, 0) is 12.1 Å². The summed E-state index contributed by atoms with van der Waals surface area (Å²) in [5, 5.41) is 1.42. The van der Waals surface area contributed by atoms with Gasteiger partial charge in [-0.3, -0.25) is 4.98 Å². The van der Waals surface area contributed by atoms with E-state index in [1.807, 2.05) is 0 Å². The van der Waals surface area contributed by atoms with Gasteiger partial charge in [0.1, 0.15) is 16.3 Å². The third kappa shape index (κ3) is 3.16. The van der Waals surface area contributed by atoms with Crippen molar-refractivity contribution >= 4 is 27.9 Å². The highest BCUT2D eigenvalue weighted by molar-refractivity contribution is 7.09. The Morgan fingerprint density at radius 1 is 1.21 bits per heavy atom. The van der Waals surface area contributed by atoms with Crippen molar-refractivity contribution in [1.82, 2.24) is 9.97 Å². The topological polar surface area (TPSA) is 29.0 Å². The maximum atomic E-state index is 13.8. The van der Waals surface area contributed by atoms with Crippen LogP contribution < -0.4 is 4.90 Å². The first-order chi connectivity index (χ1) is 11.3. The Labute approximate surface area is 137 Å². The fourth-order valence-electron chi connectivity index (χ4n) is 2.30. The number of nitrogens with zero attached hydrogens (tertiary/aromatic N) is 3. The first kappa shape index (κ1) is 16.6. The highest BCUT2D eigenvalue weighted by Crippen LogP contribution is 2.32. The molecule has 0 fully saturated rings. The molecule has 0 aliphatic carbocycles. The van der Waals surface area contributed by atoms with Crippen LogP contribution in [0.1, 0.15) is 10.7 Å². The molecule has 2 heterocycles. The van der Waals surface area contributed by atoms with E-state index in [0.717, 1.165) is 28.8 Å². The predicted molar refractivity (Wildman–Crippen MR) is 80.9 cm³/mol. The quantitative estimate of drug-likeness (QED) is 0.639. The molecule has 1 aromatic carbocycles. The Hall–Kier alpha value is -2.29. The third-order valence-electron chi connectivity index (χ3n) is 3.37. The molecule has 0 bridgehead atoms. The fraction of sp³-hybridized carbons (Fsp3) is 0.200. The molecule has 0 aliphatic heterocycles. The summed E-state index contributed by atoms with van der Waals surface area (Å²) in [6.45, 7) is 0.0675. The summed E-state index contributed by atoms with van der Waals surface area (Å²) in [6, 6.07) is 3.41. The summed E-state index contributed by atoms with van der Waals surface area (Å²) in [4.78, 5) is 9.00. The average molecular weight is 359 g/mol. The lowest BCUT2D eigenvalue weighted by Crippen LogP contribution is -2.17. The number of benzene rings is 1. The maximum Gasteiger partial charge on any atom is 0.434 e. The molecule has 0 unspecified atom stereocenters. The average Bonchev–Trinajstić information content (AvgIpc) is 2.95. The number of halogens is 5. The smallest absolute Gasteiger partial charge is 0.367 e. The van der Waals surface area contributed by atoms with Crippen LogP contribution in [0.5, 0.6) is 0 Å². The second-order valence-corrected chi connectivity index (χ2v) is 6.04. The summed E-state index contributed by atoms with van der Waals surface area (Å²) in [5.74, 6) is -1.55. The van der Waals surface area contributed by atoms with Gasteiger partial charge in [-0.15, -0.1) is 11.3 Å². The number of thiazole rings is 1. The first-order valence-corrected chi connectivity index (χ1v) is 7.60. The Morgan fingerprint density at radius 2 is 1.96 bits per heavy atom. The van der Waals surface area contributed by atoms with E-state index in [9.17, 15) is 22.0 Å². The number of hydrogen-bond donors (Lipinski definition) is 0. The molecule has 24 heavy (non-hydrogen) atoms. The number of hydrogen-bond acceptors (Lipinski definition) is 4. The van der Waals surface area contributed by atoms with E-state index >= 15 is 0 Å². The normalized spacial score (nSPS) is 11.9. The minimum absolute atomic E-state index is 0.00382. The second kappa shape index (κ2) is 5.97. The van der Waals surface area contributed by atoms with Crippen LogP contribution in [-0.2, 0) is 12.7 Å². The van der Waals surface area contributed by atoms with Crippen molar-refractivity contribution in [1.29, 1.82) is 0 Å². The number of rotatable bonds is 3. The Balaban J connectivity index is 1.94. The molecule has 0 amide bonds. The standard InChI is InChI=1S/C15H10F5N3S/c1-23(6-13-22-12(7-24-13)15(18,19)20)11-2-3-21-14-9(11)4-8(16)5-10(14)17/h2-5,7H,6H2,1H3. The zero-order valence-corrected chi connectivity index (χ0v) is 13.1. The zero-order chi connectivity index (χ0) is 17.5. The van der Waals surface area contributed by atoms with Crippen LogP contribution in [0, 0.1) is 11.6 Å². The highest BCUT2D eigenvalue weighted by Gasteiger charge is 2.33. The van der Waals surface area contributed by atoms with E-state index in [0.29, 0.717) is 5.69 Å². The molecule has 3 aromatic rings. The number of alkyl halides is 3. The van der Waals surface area contributed by atoms with Gasteiger partial charge in [0, 0.05) is 35.8 Å². The minimum Gasteiger partial charge on any atom is -0.367 e. The molecule has 0 saturated heterocycles. The molecule has 0 spiro atoms. The maximum absolute atomic E-state index is 13.8. The van der Waals surface area contributed by atoms with Gasteiger partial charge >= 0.3 is 6.18 Å². The lowest BCUT2D eigenvalue weighted by Gasteiger charge is -2.19. The molecule has 3 rings (SSSR count). The number of aromatic nitrogens is 2. The predicted octanol–water partition coefficient (Wildman–Crippen LogP) is 4.62. The van der Waals surface area contributed by atoms with E-state index < -0.39 is 23.5 Å². The molecule has 0 aliphatic rings. The van der Waals surface area contributed by atoms with E-state index in [-0.39, 0.29) is 22.5 Å². The van der Waals surface area contributed by atoms with Crippen LogP contribution in [-0.4, -0.2) is 17.0 Å². The lowest BCUT2D eigenvalue weighted by atomic mass is 10.1. The van der Waals surface area contributed by atoms with Crippen LogP contribution in [0.25, 0.3) is 10.9 Å². The number of anilines is 1. The minimum atomic E-state index is -4.50. The van der Waals surface area contributed by atoms with E-state index in [1.54, 1.807) is 18.0 Å². The molecule has 0 saturated carbocycles. The van der Waals surface area contributed by atoms with Gasteiger partial charge < -0.3 is 4.90 Å². The summed E-state index contributed by atoms with van der Waals surface area (Å²) in [6.07, 6.45) is -3.14. The first-order valence-electron chi connectivity index (χ1n) is 6.72. The summed E-state index contributed by atoms with van der Waals surface area (Å²) in [7, 11) is 1.60. The van der Waals surface area contributed by atoms with E-state index in [1.165, 1.54) is 6.20 Å². The van der Waals surface area contributed by atoms with Crippen molar-refractivity contribution in [3.8, 4) is 0 Å². The molecule has 0 radical (unpaired) electrons. The van der Waals surface area contributed by atoms with Gasteiger partial charge in [-0.2, -0.15) is 13.2 Å². The zero-order valence-electron chi connectivity index (χ0n) is 12.2. The van der Waals surface area contributed by atoms with Gasteiger partial charge in [0.15, 0.2) is 11.5 Å². The van der Waals surface area contributed by atoms with Crippen LogP contribution in [0.4, 0.5) is 27.6 Å². The molecule has 0 N–H and O–H groups in total. The molecule has 126 valence electrons. The fourth-order valence-corrected chi connectivity index (χ4v) is 3.15. The molecule has 0 atom stereocenters. The van der Waals surface area contributed by atoms with Crippen molar-refractivity contribution in [2.45, 2.75) is 12.7 Å². The summed E-state index contributed by atoms with van der Waals surface area (Å²) in [5.41, 5.74) is -0.509. The van der Waals surface area contributed by atoms with Crippen molar-refractivity contribution in [2.24, 2.45) is 0 Å². The van der Waals surface area contributed by atoms with Crippen LogP contribution in [0.2, 0.25) is 0 Å². The molecule has 3 nitrogen and oxygen atoms in total. The molecule has 9 heteroatoms. The molecule has 2 aromatic heterocycles. The van der Waals surface area contributed by atoms with Gasteiger partial charge in [-0.1, -0.05) is 0 Å². The van der Waals surface area contributed by atoms with Crippen LogP contribution >= 0.6 is 11.3 Å². The van der Waals surface area contributed by atoms with Gasteiger partial charge in [0.25, 0.3) is 0 Å². The van der Waals surface area contributed by atoms with Gasteiger partial charge in [0.05, 0.1) is 6.54 Å². The van der Waals surface area contributed by atoms with Crippen LogP contribution in [0.3, 0.4) is 0 Å². The second-order valence-electron chi connectivity index (χ2n) is 5.09. The van der Waals surface area contributed by atoms with Gasteiger partial charge in [-0.25, -0.2) is 13.8 Å². The number of pyridine rings is 1. The van der Waals surface area contributed by atoms with Crippen LogP contribution in [0.15, 0.2) is 29.8 Å². The van der Waals surface area contributed by atoms with E-state index in [4.69, 9.17) is 0 Å². The Morgan fingerprint density at radius 3 is 2.62 bits per heavy atom. The molecular formula is C15H10F5N3S. The van der Waals surface area contributed by atoms with Crippen molar-refractivity contribution in [3.05, 3.63) is 52.1 Å². The summed E-state index contributed by atoms with van der Waals surface area (Å²) >= 11 is 0.875. The summed E-state index contributed by atoms with van der Waals surface area (Å²) < 4.78 is 65.1. The van der Waals surface area contributed by atoms with Crippen molar-refractivity contribution < 1.29 is 22.0 Å². The SMILES string of the molecule is CN(Cc1nc(C(F)(F)F)cs1)c1ccnc2c(F)cc(F)cc12. The highest BCUT2D eigenvalue weighted by atomic mass is 32.1. The number of fused-ring (bicyclic) bond motifs is 1. The monoisotopic (exact) mass is 359 g/mol. The molecular weight excluding hydrogens is 349 g/mol.